The number of ether oxygens (including phenoxy) is 1. The van der Waals surface area contributed by atoms with Gasteiger partial charge in [0.25, 0.3) is 0 Å². The van der Waals surface area contributed by atoms with Crippen LogP contribution in [0.25, 0.3) is 0 Å². The third-order valence-electron chi connectivity index (χ3n) is 4.19. The van der Waals surface area contributed by atoms with Gasteiger partial charge < -0.3 is 15.2 Å². The van der Waals surface area contributed by atoms with E-state index in [1.807, 2.05) is 24.3 Å². The quantitative estimate of drug-likeness (QED) is 0.861. The molecular weight excluding hydrogens is 238 g/mol. The first-order chi connectivity index (χ1) is 10.3. The number of methoxy groups -OCH3 is 1. The van der Waals surface area contributed by atoms with Crippen molar-refractivity contribution >= 4 is 0 Å². The lowest BCUT2D eigenvalue weighted by molar-refractivity contribution is -0.0211. The number of hydrogen-bond donors (Lipinski definition) is 2. The van der Waals surface area contributed by atoms with Gasteiger partial charge in [0.15, 0.2) is 0 Å². The smallest absolute Gasteiger partial charge is 0.118 e. The molecule has 1 aliphatic carbocycles. The molecule has 0 radical (unpaired) electrons. The first-order valence-electron chi connectivity index (χ1n) is 8.45. The Labute approximate surface area is 120 Å². The Morgan fingerprint density at radius 1 is 1.32 bits per heavy atom. The van der Waals surface area contributed by atoms with Gasteiger partial charge in [0, 0.05) is 16.6 Å². The molecule has 2 rings (SSSR count). The SMILES string of the molecule is [2H]C([2H])([2H])NCC(c1ccc(OC)cc1)C1(O)CCCCC1. The molecule has 3 nitrogen and oxygen atoms in total. The van der Waals surface area contributed by atoms with E-state index in [2.05, 4.69) is 5.32 Å². The summed E-state index contributed by atoms with van der Waals surface area (Å²) >= 11 is 0. The molecule has 3 heteroatoms. The molecule has 106 valence electrons. The summed E-state index contributed by atoms with van der Waals surface area (Å²) in [6.45, 7) is -1.96. The van der Waals surface area contributed by atoms with E-state index in [-0.39, 0.29) is 12.5 Å². The molecule has 0 heterocycles. The van der Waals surface area contributed by atoms with E-state index in [1.54, 1.807) is 7.11 Å². The summed E-state index contributed by atoms with van der Waals surface area (Å²) in [4.78, 5) is 0. The lowest BCUT2D eigenvalue weighted by Gasteiger charge is -2.39. The molecule has 1 saturated carbocycles. The van der Waals surface area contributed by atoms with Crippen LogP contribution in [0.2, 0.25) is 0 Å². The van der Waals surface area contributed by atoms with E-state index >= 15 is 0 Å². The summed E-state index contributed by atoms with van der Waals surface area (Å²) in [5.41, 5.74) is 0.104. The molecular formula is C16H25NO2. The summed E-state index contributed by atoms with van der Waals surface area (Å²) in [6.07, 6.45) is 4.52. The first kappa shape index (κ1) is 10.7. The molecule has 1 aromatic rings. The Hall–Kier alpha value is -1.06. The molecule has 1 fully saturated rings. The van der Waals surface area contributed by atoms with Crippen LogP contribution in [0.1, 0.15) is 47.7 Å². The molecule has 0 aliphatic heterocycles. The van der Waals surface area contributed by atoms with E-state index in [1.165, 1.54) is 0 Å². The summed E-state index contributed by atoms with van der Waals surface area (Å²) < 4.78 is 27.2. The predicted molar refractivity (Wildman–Crippen MR) is 77.7 cm³/mol. The Bertz CT molecular complexity index is 467. The number of aliphatic hydroxyl groups is 1. The molecule has 0 amide bonds. The third kappa shape index (κ3) is 3.28. The van der Waals surface area contributed by atoms with Crippen molar-refractivity contribution in [3.63, 3.8) is 0 Å². The van der Waals surface area contributed by atoms with Crippen LogP contribution in [-0.2, 0) is 0 Å². The Morgan fingerprint density at radius 3 is 2.58 bits per heavy atom. The molecule has 0 bridgehead atoms. The largest absolute Gasteiger partial charge is 0.497 e. The second-order valence-electron chi connectivity index (χ2n) is 5.37. The Kier molecular flexibility index (Phi) is 3.60. The second-order valence-corrected chi connectivity index (χ2v) is 5.37. The van der Waals surface area contributed by atoms with Crippen molar-refractivity contribution < 1.29 is 14.0 Å². The molecule has 1 aliphatic rings. The predicted octanol–water partition coefficient (Wildman–Crippen LogP) is 2.69. The number of benzene rings is 1. The van der Waals surface area contributed by atoms with Gasteiger partial charge in [0.05, 0.1) is 12.7 Å². The number of nitrogens with one attached hydrogen (secondary N) is 1. The average molecular weight is 266 g/mol. The van der Waals surface area contributed by atoms with Crippen molar-refractivity contribution in [1.29, 1.82) is 0 Å². The zero-order chi connectivity index (χ0) is 16.2. The van der Waals surface area contributed by atoms with E-state index in [0.717, 1.165) is 30.6 Å². The van der Waals surface area contributed by atoms with Gasteiger partial charge in [-0.05, 0) is 37.5 Å². The molecule has 1 unspecified atom stereocenters. The maximum absolute atomic E-state index is 11.1. The summed E-state index contributed by atoms with van der Waals surface area (Å²) in [7, 11) is 1.61. The first-order valence-corrected chi connectivity index (χ1v) is 6.95. The van der Waals surface area contributed by atoms with E-state index in [9.17, 15) is 5.11 Å². The van der Waals surface area contributed by atoms with Crippen LogP contribution in [0, 0.1) is 0 Å². The van der Waals surface area contributed by atoms with Crippen molar-refractivity contribution in [3.05, 3.63) is 29.8 Å². The molecule has 0 spiro atoms. The molecule has 0 saturated heterocycles. The molecule has 2 N–H and O–H groups in total. The highest BCUT2D eigenvalue weighted by Crippen LogP contribution is 2.39. The molecule has 0 aromatic heterocycles. The second kappa shape index (κ2) is 6.40. The van der Waals surface area contributed by atoms with Gasteiger partial charge >= 0.3 is 0 Å². The maximum Gasteiger partial charge on any atom is 0.118 e. The van der Waals surface area contributed by atoms with Crippen LogP contribution in [0.4, 0.5) is 0 Å². The van der Waals surface area contributed by atoms with Gasteiger partial charge in [-0.15, -0.1) is 0 Å². The van der Waals surface area contributed by atoms with Crippen LogP contribution < -0.4 is 10.1 Å². The van der Waals surface area contributed by atoms with Gasteiger partial charge in [0.2, 0.25) is 0 Å². The van der Waals surface area contributed by atoms with E-state index < -0.39 is 12.6 Å². The highest BCUT2D eigenvalue weighted by Gasteiger charge is 2.38. The van der Waals surface area contributed by atoms with Gasteiger partial charge in [-0.3, -0.25) is 0 Å². The normalized spacial score (nSPS) is 22.9. The van der Waals surface area contributed by atoms with Gasteiger partial charge in [-0.25, -0.2) is 0 Å². The van der Waals surface area contributed by atoms with E-state index in [4.69, 9.17) is 8.85 Å². The van der Waals surface area contributed by atoms with Gasteiger partial charge in [0.1, 0.15) is 5.75 Å². The highest BCUT2D eigenvalue weighted by atomic mass is 16.5. The van der Waals surface area contributed by atoms with Gasteiger partial charge in [-0.2, -0.15) is 0 Å². The van der Waals surface area contributed by atoms with E-state index in [0.29, 0.717) is 12.8 Å². The van der Waals surface area contributed by atoms with Crippen molar-refractivity contribution in [1.82, 2.24) is 5.32 Å². The maximum atomic E-state index is 11.1. The summed E-state index contributed by atoms with van der Waals surface area (Å²) in [5.74, 6) is 0.515. The average Bonchev–Trinajstić information content (AvgIpc) is 2.47. The Morgan fingerprint density at radius 2 is 2.00 bits per heavy atom. The monoisotopic (exact) mass is 266 g/mol. The zero-order valence-electron chi connectivity index (χ0n) is 14.5. The van der Waals surface area contributed by atoms with Crippen LogP contribution in [-0.4, -0.2) is 31.3 Å². The highest BCUT2D eigenvalue weighted by molar-refractivity contribution is 5.31. The van der Waals surface area contributed by atoms with Crippen LogP contribution in [0.5, 0.6) is 5.75 Å². The minimum Gasteiger partial charge on any atom is -0.497 e. The minimum atomic E-state index is -2.20. The minimum absolute atomic E-state index is 0.235. The topological polar surface area (TPSA) is 41.5 Å². The summed E-state index contributed by atoms with van der Waals surface area (Å²) in [6, 6.07) is 7.53. The summed E-state index contributed by atoms with van der Waals surface area (Å²) in [5, 5.41) is 13.6. The van der Waals surface area contributed by atoms with Crippen LogP contribution in [0.15, 0.2) is 24.3 Å². The van der Waals surface area contributed by atoms with Crippen molar-refractivity contribution in [2.45, 2.75) is 43.6 Å². The lowest BCUT2D eigenvalue weighted by atomic mass is 9.73. The van der Waals surface area contributed by atoms with Gasteiger partial charge in [-0.1, -0.05) is 31.4 Å². The van der Waals surface area contributed by atoms with Crippen LogP contribution >= 0.6 is 0 Å². The van der Waals surface area contributed by atoms with Crippen molar-refractivity contribution in [2.75, 3.05) is 20.6 Å². The lowest BCUT2D eigenvalue weighted by Crippen LogP contribution is -2.42. The van der Waals surface area contributed by atoms with Crippen molar-refractivity contribution in [3.8, 4) is 5.75 Å². The molecule has 1 atom stereocenters. The van der Waals surface area contributed by atoms with Crippen molar-refractivity contribution in [2.24, 2.45) is 0 Å². The van der Waals surface area contributed by atoms with Crippen LogP contribution in [0.3, 0.4) is 0 Å². The molecule has 19 heavy (non-hydrogen) atoms. The Balaban J connectivity index is 2.23. The standard InChI is InChI=1S/C16H25NO2/c1-17-12-15(16(18)10-4-3-5-11-16)13-6-8-14(19-2)9-7-13/h6-9,15,17-18H,3-5,10-12H2,1-2H3/i1D3. The fourth-order valence-corrected chi connectivity index (χ4v) is 3.07. The molecule has 1 aromatic carbocycles. The fraction of sp³-hybridized carbons (Fsp3) is 0.625. The fourth-order valence-electron chi connectivity index (χ4n) is 3.07. The number of hydrogen-bond acceptors (Lipinski definition) is 3. The third-order valence-corrected chi connectivity index (χ3v) is 4.19. The number of rotatable bonds is 5. The zero-order valence-corrected chi connectivity index (χ0v) is 11.5. The number of likely N-dealkylation sites (N-methyl/N-ethyl adjacent to an activating group) is 1.